The Morgan fingerprint density at radius 3 is 2.50 bits per heavy atom. The molecule has 16 heavy (non-hydrogen) atoms. The van der Waals surface area contributed by atoms with Gasteiger partial charge in [-0.3, -0.25) is 0 Å². The molecule has 1 atom stereocenters. The Kier molecular flexibility index (Phi) is 8.06. The van der Waals surface area contributed by atoms with Crippen molar-refractivity contribution in [1.82, 2.24) is 4.98 Å². The monoisotopic (exact) mass is 283 g/mol. The predicted molar refractivity (Wildman–Crippen MR) is 71.3 cm³/mol. The van der Waals surface area contributed by atoms with Crippen LogP contribution in [0.1, 0.15) is 30.9 Å². The summed E-state index contributed by atoms with van der Waals surface area (Å²) in [6, 6.07) is 3.44. The number of unbranched alkanes of at least 4 members (excludes halogenated alkanes) is 1. The van der Waals surface area contributed by atoms with Crippen LogP contribution >= 0.6 is 35.6 Å². The molecule has 1 aromatic heterocycles. The molecule has 0 aliphatic rings. The Morgan fingerprint density at radius 2 is 1.94 bits per heavy atom. The summed E-state index contributed by atoms with van der Waals surface area (Å²) in [6.45, 7) is 0.694. The van der Waals surface area contributed by atoms with Crippen LogP contribution in [0.4, 0.5) is 0 Å². The summed E-state index contributed by atoms with van der Waals surface area (Å²) in [5.74, 6) is 0. The first-order chi connectivity index (χ1) is 7.15. The van der Waals surface area contributed by atoms with Gasteiger partial charge in [-0.1, -0.05) is 35.7 Å². The van der Waals surface area contributed by atoms with Crippen LogP contribution in [0, 0.1) is 0 Å². The summed E-state index contributed by atoms with van der Waals surface area (Å²) in [6.07, 6.45) is 2.84. The van der Waals surface area contributed by atoms with E-state index in [4.69, 9.17) is 34.7 Å². The maximum atomic E-state index is 5.98. The minimum atomic E-state index is -0.0891. The Hall–Kier alpha value is -0.0600. The number of pyridine rings is 1. The van der Waals surface area contributed by atoms with Crippen LogP contribution in [0.25, 0.3) is 0 Å². The van der Waals surface area contributed by atoms with Gasteiger partial charge in [0.25, 0.3) is 0 Å². The molecular weight excluding hydrogens is 268 g/mol. The predicted octanol–water partition coefficient (Wildman–Crippen LogP) is 2.94. The van der Waals surface area contributed by atoms with E-state index >= 15 is 0 Å². The lowest BCUT2D eigenvalue weighted by Crippen LogP contribution is -2.12. The lowest BCUT2D eigenvalue weighted by atomic mass is 10.0. The SMILES string of the molecule is Cl.NCCCC[C@H](N)c1ccc(Cl)nc1Cl. The summed E-state index contributed by atoms with van der Waals surface area (Å²) < 4.78 is 0. The molecule has 0 aliphatic carbocycles. The van der Waals surface area contributed by atoms with Gasteiger partial charge in [-0.05, 0) is 25.5 Å². The van der Waals surface area contributed by atoms with Crippen molar-refractivity contribution in [2.45, 2.75) is 25.3 Å². The van der Waals surface area contributed by atoms with Crippen molar-refractivity contribution in [2.24, 2.45) is 11.5 Å². The number of nitrogens with zero attached hydrogens (tertiary/aromatic N) is 1. The van der Waals surface area contributed by atoms with E-state index in [-0.39, 0.29) is 18.4 Å². The Morgan fingerprint density at radius 1 is 1.25 bits per heavy atom. The highest BCUT2D eigenvalue weighted by molar-refractivity contribution is 6.32. The standard InChI is InChI=1S/C10H15Cl2N3.ClH/c11-9-5-4-7(10(12)15-9)8(14)3-1-2-6-13;/h4-5,8H,1-3,6,13-14H2;1H/t8-;/m0./s1. The number of nitrogens with two attached hydrogens (primary N) is 2. The number of aromatic nitrogens is 1. The van der Waals surface area contributed by atoms with Crippen molar-refractivity contribution < 1.29 is 0 Å². The van der Waals surface area contributed by atoms with Crippen molar-refractivity contribution >= 4 is 35.6 Å². The van der Waals surface area contributed by atoms with E-state index in [0.29, 0.717) is 16.9 Å². The zero-order valence-corrected chi connectivity index (χ0v) is 11.2. The zero-order chi connectivity index (χ0) is 11.3. The molecule has 0 bridgehead atoms. The van der Waals surface area contributed by atoms with Crippen LogP contribution in [-0.4, -0.2) is 11.5 Å². The molecule has 0 aliphatic heterocycles. The number of halogens is 3. The molecule has 0 radical (unpaired) electrons. The topological polar surface area (TPSA) is 64.9 Å². The highest BCUT2D eigenvalue weighted by Gasteiger charge is 2.10. The third kappa shape index (κ3) is 4.85. The maximum absolute atomic E-state index is 5.98. The van der Waals surface area contributed by atoms with Crippen LogP contribution in [0.5, 0.6) is 0 Å². The Bertz CT molecular complexity index is 320. The van der Waals surface area contributed by atoms with Gasteiger partial charge < -0.3 is 11.5 Å². The van der Waals surface area contributed by atoms with E-state index in [1.165, 1.54) is 0 Å². The van der Waals surface area contributed by atoms with Crippen molar-refractivity contribution in [3.8, 4) is 0 Å². The third-order valence-electron chi connectivity index (χ3n) is 2.21. The van der Waals surface area contributed by atoms with Crippen molar-refractivity contribution in [3.05, 3.63) is 28.0 Å². The van der Waals surface area contributed by atoms with Gasteiger partial charge in [-0.15, -0.1) is 12.4 Å². The smallest absolute Gasteiger partial charge is 0.135 e. The Balaban J connectivity index is 0.00000225. The van der Waals surface area contributed by atoms with Gasteiger partial charge in [-0.2, -0.15) is 0 Å². The van der Waals surface area contributed by atoms with E-state index in [0.717, 1.165) is 24.8 Å². The van der Waals surface area contributed by atoms with E-state index < -0.39 is 0 Å². The van der Waals surface area contributed by atoms with Crippen molar-refractivity contribution in [3.63, 3.8) is 0 Å². The molecule has 0 saturated heterocycles. The van der Waals surface area contributed by atoms with E-state index in [1.54, 1.807) is 6.07 Å². The minimum absolute atomic E-state index is 0. The molecular formula is C10H16Cl3N3. The fourth-order valence-corrected chi connectivity index (χ4v) is 1.85. The second kappa shape index (κ2) is 8.09. The van der Waals surface area contributed by atoms with Crippen LogP contribution in [-0.2, 0) is 0 Å². The summed E-state index contributed by atoms with van der Waals surface area (Å²) >= 11 is 11.6. The first kappa shape index (κ1) is 15.9. The molecule has 1 aromatic rings. The molecule has 4 N–H and O–H groups in total. The highest BCUT2D eigenvalue weighted by atomic mass is 35.5. The number of hydrogen-bond acceptors (Lipinski definition) is 3. The lowest BCUT2D eigenvalue weighted by molar-refractivity contribution is 0.590. The lowest BCUT2D eigenvalue weighted by Gasteiger charge is -2.12. The van der Waals surface area contributed by atoms with Gasteiger partial charge in [0, 0.05) is 11.6 Å². The fourth-order valence-electron chi connectivity index (χ4n) is 1.36. The molecule has 0 fully saturated rings. The quantitative estimate of drug-likeness (QED) is 0.645. The number of rotatable bonds is 5. The molecule has 0 unspecified atom stereocenters. The molecule has 0 aromatic carbocycles. The average Bonchev–Trinajstić information content (AvgIpc) is 2.17. The molecule has 0 amide bonds. The van der Waals surface area contributed by atoms with Gasteiger partial charge in [0.15, 0.2) is 0 Å². The van der Waals surface area contributed by atoms with Crippen LogP contribution < -0.4 is 11.5 Å². The van der Waals surface area contributed by atoms with Gasteiger partial charge >= 0.3 is 0 Å². The first-order valence-electron chi connectivity index (χ1n) is 4.92. The number of hydrogen-bond donors (Lipinski definition) is 2. The summed E-state index contributed by atoms with van der Waals surface area (Å²) in [4.78, 5) is 3.95. The fraction of sp³-hybridized carbons (Fsp3) is 0.500. The molecule has 6 heteroatoms. The first-order valence-corrected chi connectivity index (χ1v) is 5.68. The van der Waals surface area contributed by atoms with Gasteiger partial charge in [-0.25, -0.2) is 4.98 Å². The van der Waals surface area contributed by atoms with Crippen molar-refractivity contribution in [1.29, 1.82) is 0 Å². The zero-order valence-electron chi connectivity index (χ0n) is 8.83. The molecule has 0 saturated carbocycles. The van der Waals surface area contributed by atoms with Crippen LogP contribution in [0.3, 0.4) is 0 Å². The van der Waals surface area contributed by atoms with Gasteiger partial charge in [0.1, 0.15) is 10.3 Å². The molecule has 1 heterocycles. The van der Waals surface area contributed by atoms with E-state index in [9.17, 15) is 0 Å². The second-order valence-electron chi connectivity index (χ2n) is 3.40. The third-order valence-corrected chi connectivity index (χ3v) is 2.73. The summed E-state index contributed by atoms with van der Waals surface area (Å²) in [5.41, 5.74) is 12.2. The largest absolute Gasteiger partial charge is 0.330 e. The maximum Gasteiger partial charge on any atom is 0.135 e. The molecule has 92 valence electrons. The average molecular weight is 285 g/mol. The van der Waals surface area contributed by atoms with Crippen molar-refractivity contribution in [2.75, 3.05) is 6.54 Å². The molecule has 3 nitrogen and oxygen atoms in total. The minimum Gasteiger partial charge on any atom is -0.330 e. The molecule has 0 spiro atoms. The van der Waals surface area contributed by atoms with E-state index in [1.807, 2.05) is 6.07 Å². The highest BCUT2D eigenvalue weighted by Crippen LogP contribution is 2.24. The van der Waals surface area contributed by atoms with Gasteiger partial charge in [0.2, 0.25) is 0 Å². The Labute approximate surface area is 112 Å². The van der Waals surface area contributed by atoms with Gasteiger partial charge in [0.05, 0.1) is 0 Å². The summed E-state index contributed by atoms with van der Waals surface area (Å²) in [7, 11) is 0. The van der Waals surface area contributed by atoms with Crippen LogP contribution in [0.15, 0.2) is 12.1 Å². The van der Waals surface area contributed by atoms with E-state index in [2.05, 4.69) is 4.98 Å². The normalized spacial score (nSPS) is 12.0. The summed E-state index contributed by atoms with van der Waals surface area (Å²) in [5, 5.41) is 0.778. The van der Waals surface area contributed by atoms with Crippen LogP contribution in [0.2, 0.25) is 10.3 Å². The second-order valence-corrected chi connectivity index (χ2v) is 4.15. The molecule has 1 rings (SSSR count).